The molecule has 106 valence electrons. The Morgan fingerprint density at radius 3 is 2.67 bits per heavy atom. The molecule has 3 nitrogen and oxygen atoms in total. The molecule has 3 aromatic rings. The summed E-state index contributed by atoms with van der Waals surface area (Å²) in [5.74, 6) is -0.195. The Labute approximate surface area is 124 Å². The molecule has 0 aliphatic rings. The maximum Gasteiger partial charge on any atom is 0.163 e. The summed E-state index contributed by atoms with van der Waals surface area (Å²) in [5, 5.41) is 3.54. The first-order valence-corrected chi connectivity index (χ1v) is 6.57. The summed E-state index contributed by atoms with van der Waals surface area (Å²) in [6.07, 6.45) is 0. The van der Waals surface area contributed by atoms with Gasteiger partial charge in [0.2, 0.25) is 0 Å². The minimum atomic E-state index is -0.553. The molecule has 0 saturated heterocycles. The second-order valence-electron chi connectivity index (χ2n) is 4.41. The van der Waals surface area contributed by atoms with Crippen molar-refractivity contribution in [3.8, 4) is 11.4 Å². The quantitative estimate of drug-likeness (QED) is 0.768. The van der Waals surface area contributed by atoms with Crippen LogP contribution in [0.25, 0.3) is 22.3 Å². The molecule has 0 spiro atoms. The van der Waals surface area contributed by atoms with Crippen LogP contribution in [-0.4, -0.2) is 17.0 Å². The summed E-state index contributed by atoms with van der Waals surface area (Å²) < 4.78 is 26.9. The fraction of sp³-hybridized carbons (Fsp3) is 0.0667. The topological polar surface area (TPSA) is 37.8 Å². The van der Waals surface area contributed by atoms with Gasteiger partial charge in [0.1, 0.15) is 17.5 Å². The zero-order valence-corrected chi connectivity index (χ0v) is 11.7. The number of halogens is 3. The molecule has 0 bridgehead atoms. The van der Waals surface area contributed by atoms with Gasteiger partial charge in [-0.05, 0) is 24.3 Å². The third-order valence-electron chi connectivity index (χ3n) is 3.09. The zero-order chi connectivity index (χ0) is 15.0. The van der Waals surface area contributed by atoms with E-state index in [4.69, 9.17) is 11.6 Å². The normalized spacial score (nSPS) is 10.9. The Morgan fingerprint density at radius 1 is 1.10 bits per heavy atom. The lowest BCUT2D eigenvalue weighted by Crippen LogP contribution is -1.99. The predicted molar refractivity (Wildman–Crippen MR) is 79.4 cm³/mol. The molecular weight excluding hydrogens is 296 g/mol. The highest BCUT2D eigenvalue weighted by Gasteiger charge is 2.14. The molecule has 0 aliphatic carbocycles. The lowest BCUT2D eigenvalue weighted by atomic mass is 10.1. The Bertz CT molecular complexity index is 837. The highest BCUT2D eigenvalue weighted by atomic mass is 35.5. The molecule has 1 heterocycles. The van der Waals surface area contributed by atoms with Crippen LogP contribution >= 0.6 is 11.6 Å². The van der Waals surface area contributed by atoms with Crippen molar-refractivity contribution in [1.29, 1.82) is 0 Å². The summed E-state index contributed by atoms with van der Waals surface area (Å²) in [5.41, 5.74) is 0.781. The third kappa shape index (κ3) is 2.40. The van der Waals surface area contributed by atoms with Gasteiger partial charge in [0, 0.05) is 24.1 Å². The average Bonchev–Trinajstić information content (AvgIpc) is 2.48. The summed E-state index contributed by atoms with van der Waals surface area (Å²) in [6, 6.07) is 8.62. The van der Waals surface area contributed by atoms with Crippen LogP contribution in [0.15, 0.2) is 36.4 Å². The van der Waals surface area contributed by atoms with Crippen molar-refractivity contribution in [1.82, 2.24) is 9.97 Å². The number of rotatable bonds is 2. The van der Waals surface area contributed by atoms with Gasteiger partial charge >= 0.3 is 0 Å². The Hall–Kier alpha value is -2.27. The van der Waals surface area contributed by atoms with Crippen LogP contribution in [0.2, 0.25) is 5.02 Å². The SMILES string of the molecule is CNc1nc(-c2cccc(F)c2Cl)nc2cc(F)ccc12. The zero-order valence-electron chi connectivity index (χ0n) is 11.0. The van der Waals surface area contributed by atoms with Crippen LogP contribution in [0.4, 0.5) is 14.6 Å². The molecular formula is C15H10ClF2N3. The Kier molecular flexibility index (Phi) is 3.43. The van der Waals surface area contributed by atoms with Gasteiger partial charge in [0.25, 0.3) is 0 Å². The van der Waals surface area contributed by atoms with Gasteiger partial charge in [-0.2, -0.15) is 0 Å². The molecule has 2 aromatic carbocycles. The van der Waals surface area contributed by atoms with Gasteiger partial charge in [-0.3, -0.25) is 0 Å². The highest BCUT2D eigenvalue weighted by Crippen LogP contribution is 2.30. The third-order valence-corrected chi connectivity index (χ3v) is 3.47. The summed E-state index contributed by atoms with van der Waals surface area (Å²) in [7, 11) is 1.70. The standard InChI is InChI=1S/C15H10ClF2N3/c1-19-14-9-6-5-8(17)7-12(9)20-15(21-14)10-3-2-4-11(18)13(10)16/h2-7H,1H3,(H,19,20,21). The minimum absolute atomic E-state index is 0.0599. The molecule has 0 radical (unpaired) electrons. The number of fused-ring (bicyclic) bond motifs is 1. The summed E-state index contributed by atoms with van der Waals surface area (Å²) >= 11 is 5.96. The molecule has 0 atom stereocenters. The molecule has 0 unspecified atom stereocenters. The second-order valence-corrected chi connectivity index (χ2v) is 4.79. The maximum atomic E-state index is 13.6. The van der Waals surface area contributed by atoms with Crippen LogP contribution < -0.4 is 5.32 Å². The number of nitrogens with zero attached hydrogens (tertiary/aromatic N) is 2. The predicted octanol–water partition coefficient (Wildman–Crippen LogP) is 4.27. The van der Waals surface area contributed by atoms with Gasteiger partial charge in [-0.1, -0.05) is 17.7 Å². The van der Waals surface area contributed by atoms with Crippen molar-refractivity contribution in [2.24, 2.45) is 0 Å². The molecule has 0 saturated carbocycles. The van der Waals surface area contributed by atoms with Crippen LogP contribution in [-0.2, 0) is 0 Å². The van der Waals surface area contributed by atoms with Crippen LogP contribution in [0.5, 0.6) is 0 Å². The highest BCUT2D eigenvalue weighted by molar-refractivity contribution is 6.33. The van der Waals surface area contributed by atoms with Crippen molar-refractivity contribution >= 4 is 28.3 Å². The van der Waals surface area contributed by atoms with E-state index in [1.807, 2.05) is 0 Å². The monoisotopic (exact) mass is 305 g/mol. The van der Waals surface area contributed by atoms with E-state index >= 15 is 0 Å². The first-order valence-electron chi connectivity index (χ1n) is 6.19. The van der Waals surface area contributed by atoms with E-state index in [0.717, 1.165) is 0 Å². The Balaban J connectivity index is 2.30. The average molecular weight is 306 g/mol. The minimum Gasteiger partial charge on any atom is -0.373 e. The smallest absolute Gasteiger partial charge is 0.163 e. The lowest BCUT2D eigenvalue weighted by Gasteiger charge is -2.09. The molecule has 21 heavy (non-hydrogen) atoms. The number of hydrogen-bond donors (Lipinski definition) is 1. The molecule has 6 heteroatoms. The van der Waals surface area contributed by atoms with Crippen LogP contribution in [0, 0.1) is 11.6 Å². The largest absolute Gasteiger partial charge is 0.373 e. The lowest BCUT2D eigenvalue weighted by molar-refractivity contribution is 0.628. The fourth-order valence-electron chi connectivity index (χ4n) is 2.09. The maximum absolute atomic E-state index is 13.6. The number of anilines is 1. The molecule has 0 fully saturated rings. The molecule has 0 aliphatic heterocycles. The van der Waals surface area contributed by atoms with E-state index in [-0.39, 0.29) is 10.8 Å². The second kappa shape index (κ2) is 5.26. The van der Waals surface area contributed by atoms with E-state index in [1.165, 1.54) is 24.3 Å². The van der Waals surface area contributed by atoms with E-state index in [2.05, 4.69) is 15.3 Å². The summed E-state index contributed by atoms with van der Waals surface area (Å²) in [4.78, 5) is 8.60. The molecule has 3 rings (SSSR count). The number of benzene rings is 2. The first-order chi connectivity index (χ1) is 10.1. The van der Waals surface area contributed by atoms with E-state index < -0.39 is 11.6 Å². The fourth-order valence-corrected chi connectivity index (χ4v) is 2.30. The van der Waals surface area contributed by atoms with Gasteiger partial charge in [-0.15, -0.1) is 0 Å². The van der Waals surface area contributed by atoms with E-state index in [1.54, 1.807) is 19.2 Å². The van der Waals surface area contributed by atoms with Crippen molar-refractivity contribution < 1.29 is 8.78 Å². The Morgan fingerprint density at radius 2 is 1.90 bits per heavy atom. The van der Waals surface area contributed by atoms with E-state index in [9.17, 15) is 8.78 Å². The van der Waals surface area contributed by atoms with Gasteiger partial charge in [0.15, 0.2) is 5.82 Å². The van der Waals surface area contributed by atoms with Crippen molar-refractivity contribution in [2.75, 3.05) is 12.4 Å². The van der Waals surface area contributed by atoms with Crippen molar-refractivity contribution in [3.63, 3.8) is 0 Å². The number of nitrogens with one attached hydrogen (secondary N) is 1. The number of aromatic nitrogens is 2. The van der Waals surface area contributed by atoms with Gasteiger partial charge < -0.3 is 5.32 Å². The van der Waals surface area contributed by atoms with Crippen LogP contribution in [0.3, 0.4) is 0 Å². The van der Waals surface area contributed by atoms with Gasteiger partial charge in [-0.25, -0.2) is 18.7 Å². The van der Waals surface area contributed by atoms with Crippen molar-refractivity contribution in [2.45, 2.75) is 0 Å². The van der Waals surface area contributed by atoms with Crippen molar-refractivity contribution in [3.05, 3.63) is 53.1 Å². The molecule has 1 N–H and O–H groups in total. The van der Waals surface area contributed by atoms with Gasteiger partial charge in [0.05, 0.1) is 10.5 Å². The van der Waals surface area contributed by atoms with E-state index in [0.29, 0.717) is 22.3 Å². The summed E-state index contributed by atoms with van der Waals surface area (Å²) in [6.45, 7) is 0. The molecule has 1 aromatic heterocycles. The molecule has 0 amide bonds. The van der Waals surface area contributed by atoms with Crippen LogP contribution in [0.1, 0.15) is 0 Å². The number of hydrogen-bond acceptors (Lipinski definition) is 3. The first kappa shape index (κ1) is 13.7.